The minimum absolute atomic E-state index is 0.506. The van der Waals surface area contributed by atoms with E-state index in [0.717, 1.165) is 17.4 Å². The van der Waals surface area contributed by atoms with Crippen molar-refractivity contribution in [3.63, 3.8) is 0 Å². The monoisotopic (exact) mass is 230 g/mol. The molecule has 0 N–H and O–H groups in total. The first-order chi connectivity index (χ1) is 6.72. The largest absolute Gasteiger partial charge is 0.301 e. The summed E-state index contributed by atoms with van der Waals surface area (Å²) in [5, 5.41) is 3.47. The smallest absolute Gasteiger partial charge is 0.0931 e. The van der Waals surface area contributed by atoms with Crippen LogP contribution < -0.4 is 0 Å². The molecule has 0 unspecified atom stereocenters. The lowest BCUT2D eigenvalue weighted by Crippen LogP contribution is -2.20. The normalized spacial score (nSPS) is 10.2. The van der Waals surface area contributed by atoms with Crippen molar-refractivity contribution < 1.29 is 0 Å². The van der Waals surface area contributed by atoms with Crippen molar-refractivity contribution in [2.75, 3.05) is 20.1 Å². The number of azide groups is 1. The molecular formula is C8H11ClN4S. The standard InChI is InChI=1S/C8H11ClN4S/c1-13(5-4-11-12-10)6-7-2-3-8(9)14-7/h2-3H,4-6H2,1H3. The predicted octanol–water partition coefficient (Wildman–Crippen LogP) is 3.14. The van der Waals surface area contributed by atoms with Gasteiger partial charge in [-0.3, -0.25) is 0 Å². The maximum atomic E-state index is 8.10. The zero-order valence-corrected chi connectivity index (χ0v) is 9.42. The highest BCUT2D eigenvalue weighted by Gasteiger charge is 2.01. The van der Waals surface area contributed by atoms with Crippen LogP contribution in [0.2, 0.25) is 4.34 Å². The number of likely N-dealkylation sites (N-methyl/N-ethyl adjacent to an activating group) is 1. The van der Waals surface area contributed by atoms with Gasteiger partial charge >= 0.3 is 0 Å². The number of halogens is 1. The molecule has 1 rings (SSSR count). The van der Waals surface area contributed by atoms with E-state index < -0.39 is 0 Å². The number of rotatable bonds is 5. The minimum atomic E-state index is 0.506. The van der Waals surface area contributed by atoms with Gasteiger partial charge in [-0.25, -0.2) is 0 Å². The first-order valence-corrected chi connectivity index (χ1v) is 5.35. The van der Waals surface area contributed by atoms with Crippen LogP contribution in [0.25, 0.3) is 10.4 Å². The van der Waals surface area contributed by atoms with E-state index >= 15 is 0 Å². The maximum absolute atomic E-state index is 8.10. The number of hydrogen-bond acceptors (Lipinski definition) is 3. The molecule has 0 amide bonds. The van der Waals surface area contributed by atoms with Crippen LogP contribution in [-0.4, -0.2) is 25.0 Å². The van der Waals surface area contributed by atoms with Gasteiger partial charge in [0.1, 0.15) is 0 Å². The maximum Gasteiger partial charge on any atom is 0.0931 e. The van der Waals surface area contributed by atoms with Crippen LogP contribution in [0.5, 0.6) is 0 Å². The van der Waals surface area contributed by atoms with Crippen LogP contribution in [0.15, 0.2) is 17.2 Å². The van der Waals surface area contributed by atoms with Gasteiger partial charge in [-0.05, 0) is 24.7 Å². The van der Waals surface area contributed by atoms with Crippen molar-refractivity contribution in [2.24, 2.45) is 5.11 Å². The van der Waals surface area contributed by atoms with Crippen molar-refractivity contribution in [1.82, 2.24) is 4.90 Å². The van der Waals surface area contributed by atoms with Crippen molar-refractivity contribution in [1.29, 1.82) is 0 Å². The first-order valence-electron chi connectivity index (χ1n) is 4.16. The van der Waals surface area contributed by atoms with Crippen LogP contribution in [0.1, 0.15) is 4.88 Å². The zero-order chi connectivity index (χ0) is 10.4. The van der Waals surface area contributed by atoms with E-state index in [2.05, 4.69) is 14.9 Å². The fourth-order valence-electron chi connectivity index (χ4n) is 1.04. The van der Waals surface area contributed by atoms with Gasteiger partial charge in [0.05, 0.1) is 4.34 Å². The molecule has 0 saturated heterocycles. The Balaban J connectivity index is 2.33. The molecule has 1 aromatic rings. The molecule has 0 saturated carbocycles. The topological polar surface area (TPSA) is 52.0 Å². The first kappa shape index (κ1) is 11.3. The Morgan fingerprint density at radius 2 is 2.43 bits per heavy atom. The molecule has 0 spiro atoms. The molecule has 4 nitrogen and oxygen atoms in total. The van der Waals surface area contributed by atoms with Gasteiger partial charge in [-0.2, -0.15) is 0 Å². The average Bonchev–Trinajstić information content (AvgIpc) is 2.52. The molecule has 0 aliphatic heterocycles. The molecule has 0 radical (unpaired) electrons. The Hall–Kier alpha value is -0.740. The Bertz CT molecular complexity index is 332. The second-order valence-corrected chi connectivity index (χ2v) is 4.70. The lowest BCUT2D eigenvalue weighted by Gasteiger charge is -2.13. The van der Waals surface area contributed by atoms with Gasteiger partial charge in [0.15, 0.2) is 0 Å². The Morgan fingerprint density at radius 1 is 1.64 bits per heavy atom. The molecule has 0 atom stereocenters. The van der Waals surface area contributed by atoms with Crippen molar-refractivity contribution in [2.45, 2.75) is 6.54 Å². The van der Waals surface area contributed by atoms with E-state index in [9.17, 15) is 0 Å². The summed E-state index contributed by atoms with van der Waals surface area (Å²) in [4.78, 5) is 6.01. The lowest BCUT2D eigenvalue weighted by atomic mass is 10.4. The highest BCUT2D eigenvalue weighted by Crippen LogP contribution is 2.22. The van der Waals surface area contributed by atoms with E-state index in [1.165, 1.54) is 4.88 Å². The molecule has 6 heteroatoms. The van der Waals surface area contributed by atoms with Gasteiger partial charge in [0.25, 0.3) is 0 Å². The number of nitrogens with zero attached hydrogens (tertiary/aromatic N) is 4. The summed E-state index contributed by atoms with van der Waals surface area (Å²) in [5.41, 5.74) is 8.10. The van der Waals surface area contributed by atoms with Crippen LogP contribution in [0.3, 0.4) is 0 Å². The molecule has 0 bridgehead atoms. The Kier molecular flexibility index (Phi) is 4.76. The lowest BCUT2D eigenvalue weighted by molar-refractivity contribution is 0.339. The molecule has 0 aliphatic rings. The summed E-state index contributed by atoms with van der Waals surface area (Å²) < 4.78 is 0.809. The van der Waals surface area contributed by atoms with Crippen LogP contribution >= 0.6 is 22.9 Å². The predicted molar refractivity (Wildman–Crippen MR) is 59.7 cm³/mol. The third-order valence-corrected chi connectivity index (χ3v) is 2.92. The fraction of sp³-hybridized carbons (Fsp3) is 0.500. The summed E-state index contributed by atoms with van der Waals surface area (Å²) in [5.74, 6) is 0. The van der Waals surface area contributed by atoms with E-state index in [1.54, 1.807) is 11.3 Å². The van der Waals surface area contributed by atoms with E-state index in [-0.39, 0.29) is 0 Å². The summed E-state index contributed by atoms with van der Waals surface area (Å²) in [6, 6.07) is 3.90. The van der Waals surface area contributed by atoms with E-state index in [1.807, 2.05) is 19.2 Å². The van der Waals surface area contributed by atoms with Crippen LogP contribution in [-0.2, 0) is 6.54 Å². The number of hydrogen-bond donors (Lipinski definition) is 0. The summed E-state index contributed by atoms with van der Waals surface area (Å²) >= 11 is 7.38. The number of thiophene rings is 1. The summed E-state index contributed by atoms with van der Waals surface area (Å²) in [6.45, 7) is 2.12. The highest BCUT2D eigenvalue weighted by molar-refractivity contribution is 7.16. The van der Waals surface area contributed by atoms with Crippen molar-refractivity contribution in [3.8, 4) is 0 Å². The Labute approximate surface area is 91.7 Å². The second-order valence-electron chi connectivity index (χ2n) is 2.90. The van der Waals surface area contributed by atoms with Gasteiger partial charge in [-0.15, -0.1) is 11.3 Å². The molecule has 1 aromatic heterocycles. The van der Waals surface area contributed by atoms with Crippen molar-refractivity contribution in [3.05, 3.63) is 31.8 Å². The quantitative estimate of drug-likeness (QED) is 0.436. The SMILES string of the molecule is CN(CCN=[N+]=[N-])Cc1ccc(Cl)s1. The molecule has 0 aliphatic carbocycles. The van der Waals surface area contributed by atoms with E-state index in [4.69, 9.17) is 17.1 Å². The van der Waals surface area contributed by atoms with Gasteiger partial charge in [0, 0.05) is 29.4 Å². The fourth-order valence-corrected chi connectivity index (χ4v) is 2.21. The molecule has 14 heavy (non-hydrogen) atoms. The molecular weight excluding hydrogens is 220 g/mol. The summed E-state index contributed by atoms with van der Waals surface area (Å²) in [6.07, 6.45) is 0. The average molecular weight is 231 g/mol. The molecule has 1 heterocycles. The third kappa shape index (κ3) is 3.98. The van der Waals surface area contributed by atoms with Gasteiger partial charge in [0.2, 0.25) is 0 Å². The van der Waals surface area contributed by atoms with Crippen LogP contribution in [0.4, 0.5) is 0 Å². The van der Waals surface area contributed by atoms with Gasteiger partial charge < -0.3 is 4.90 Å². The van der Waals surface area contributed by atoms with Gasteiger partial charge in [-0.1, -0.05) is 16.7 Å². The second kappa shape index (κ2) is 5.88. The Morgan fingerprint density at radius 3 is 3.00 bits per heavy atom. The van der Waals surface area contributed by atoms with Crippen LogP contribution in [0, 0.1) is 0 Å². The highest BCUT2D eigenvalue weighted by atomic mass is 35.5. The zero-order valence-electron chi connectivity index (χ0n) is 7.85. The summed E-state index contributed by atoms with van der Waals surface area (Å²) in [7, 11) is 1.99. The van der Waals surface area contributed by atoms with E-state index in [0.29, 0.717) is 6.54 Å². The molecule has 0 aromatic carbocycles. The molecule has 0 fully saturated rings. The molecule has 76 valence electrons. The minimum Gasteiger partial charge on any atom is -0.301 e. The van der Waals surface area contributed by atoms with Crippen molar-refractivity contribution >= 4 is 22.9 Å². The third-order valence-electron chi connectivity index (χ3n) is 1.70.